The summed E-state index contributed by atoms with van der Waals surface area (Å²) in [6, 6.07) is 12.7. The first-order chi connectivity index (χ1) is 9.69. The van der Waals surface area contributed by atoms with Crippen LogP contribution in [0.3, 0.4) is 0 Å². The van der Waals surface area contributed by atoms with Crippen LogP contribution in [-0.2, 0) is 0 Å². The fourth-order valence-electron chi connectivity index (χ4n) is 2.23. The molecule has 1 N–H and O–H groups in total. The zero-order valence-electron chi connectivity index (χ0n) is 11.5. The summed E-state index contributed by atoms with van der Waals surface area (Å²) < 4.78 is 19.9. The van der Waals surface area contributed by atoms with Gasteiger partial charge in [0.25, 0.3) is 0 Å². The van der Waals surface area contributed by atoms with E-state index in [2.05, 4.69) is 21.2 Å². The summed E-state index contributed by atoms with van der Waals surface area (Å²) in [5.41, 5.74) is 1.84. The molecule has 2 nitrogen and oxygen atoms in total. The number of nitrogens with one attached hydrogen (secondary N) is 1. The van der Waals surface area contributed by atoms with Crippen LogP contribution in [0.2, 0.25) is 0 Å². The van der Waals surface area contributed by atoms with E-state index in [1.807, 2.05) is 44.3 Å². The van der Waals surface area contributed by atoms with Crippen LogP contribution in [0.4, 0.5) is 4.39 Å². The Morgan fingerprint density at radius 1 is 1.15 bits per heavy atom. The molecule has 0 aliphatic rings. The Morgan fingerprint density at radius 2 is 1.85 bits per heavy atom. The molecule has 1 unspecified atom stereocenters. The molecule has 0 fully saturated rings. The van der Waals surface area contributed by atoms with Gasteiger partial charge in [-0.1, -0.05) is 30.3 Å². The van der Waals surface area contributed by atoms with E-state index in [-0.39, 0.29) is 11.9 Å². The van der Waals surface area contributed by atoms with Gasteiger partial charge in [-0.05, 0) is 47.6 Å². The third kappa shape index (κ3) is 3.02. The summed E-state index contributed by atoms with van der Waals surface area (Å²) in [5, 5.41) is 3.22. The molecule has 20 heavy (non-hydrogen) atoms. The summed E-state index contributed by atoms with van der Waals surface area (Å²) in [4.78, 5) is 0. The highest BCUT2D eigenvalue weighted by molar-refractivity contribution is 9.10. The summed E-state index contributed by atoms with van der Waals surface area (Å²) >= 11 is 3.33. The molecule has 0 saturated carbocycles. The van der Waals surface area contributed by atoms with E-state index in [0.29, 0.717) is 11.1 Å². The monoisotopic (exact) mass is 337 g/mol. The predicted octanol–water partition coefficient (Wildman–Crippen LogP) is 4.30. The number of ether oxygens (including phenoxy) is 1. The van der Waals surface area contributed by atoms with Crippen molar-refractivity contribution in [3.05, 3.63) is 63.9 Å². The van der Waals surface area contributed by atoms with Gasteiger partial charge in [0.1, 0.15) is 11.6 Å². The Balaban J connectivity index is 2.50. The summed E-state index contributed by atoms with van der Waals surface area (Å²) in [7, 11) is 1.85. The van der Waals surface area contributed by atoms with Crippen molar-refractivity contribution < 1.29 is 9.13 Å². The van der Waals surface area contributed by atoms with Gasteiger partial charge in [0.15, 0.2) is 0 Å². The van der Waals surface area contributed by atoms with Gasteiger partial charge in [0.05, 0.1) is 17.1 Å². The van der Waals surface area contributed by atoms with Crippen molar-refractivity contribution in [2.75, 3.05) is 13.7 Å². The lowest BCUT2D eigenvalue weighted by Crippen LogP contribution is -2.19. The van der Waals surface area contributed by atoms with Crippen LogP contribution in [0.25, 0.3) is 0 Å². The van der Waals surface area contributed by atoms with E-state index in [0.717, 1.165) is 16.9 Å². The summed E-state index contributed by atoms with van der Waals surface area (Å²) in [5.74, 6) is 0.544. The Labute approximate surface area is 127 Å². The number of rotatable bonds is 5. The smallest absolute Gasteiger partial charge is 0.137 e. The van der Waals surface area contributed by atoms with E-state index in [1.54, 1.807) is 6.07 Å². The minimum absolute atomic E-state index is 0.136. The number of halogens is 2. The lowest BCUT2D eigenvalue weighted by Gasteiger charge is -2.21. The molecule has 2 rings (SSSR count). The van der Waals surface area contributed by atoms with E-state index in [9.17, 15) is 4.39 Å². The van der Waals surface area contributed by atoms with Crippen molar-refractivity contribution >= 4 is 15.9 Å². The van der Waals surface area contributed by atoms with Crippen molar-refractivity contribution in [1.82, 2.24) is 5.32 Å². The Bertz CT molecular complexity index is 588. The molecule has 0 radical (unpaired) electrons. The molecular formula is C16H17BrFNO. The second-order valence-corrected chi connectivity index (χ2v) is 5.13. The van der Waals surface area contributed by atoms with Gasteiger partial charge in [-0.25, -0.2) is 4.39 Å². The molecule has 106 valence electrons. The van der Waals surface area contributed by atoms with Crippen LogP contribution >= 0.6 is 15.9 Å². The number of benzene rings is 2. The van der Waals surface area contributed by atoms with Crippen LogP contribution in [0.15, 0.2) is 46.9 Å². The normalized spacial score (nSPS) is 12.2. The first kappa shape index (κ1) is 15.0. The number of para-hydroxylation sites is 1. The second-order valence-electron chi connectivity index (χ2n) is 4.34. The molecule has 4 heteroatoms. The van der Waals surface area contributed by atoms with Crippen molar-refractivity contribution in [3.63, 3.8) is 0 Å². The van der Waals surface area contributed by atoms with Gasteiger partial charge in [0.2, 0.25) is 0 Å². The Morgan fingerprint density at radius 3 is 2.55 bits per heavy atom. The molecule has 0 spiro atoms. The van der Waals surface area contributed by atoms with Crippen LogP contribution in [0.1, 0.15) is 24.1 Å². The van der Waals surface area contributed by atoms with Crippen molar-refractivity contribution in [2.45, 2.75) is 13.0 Å². The van der Waals surface area contributed by atoms with Gasteiger partial charge in [0, 0.05) is 5.56 Å². The summed E-state index contributed by atoms with van der Waals surface area (Å²) in [6.45, 7) is 2.54. The highest BCUT2D eigenvalue weighted by atomic mass is 79.9. The van der Waals surface area contributed by atoms with Crippen LogP contribution in [-0.4, -0.2) is 13.7 Å². The fourth-order valence-corrected chi connectivity index (χ4v) is 2.72. The van der Waals surface area contributed by atoms with E-state index in [1.165, 1.54) is 6.07 Å². The molecule has 1 atom stereocenters. The Hall–Kier alpha value is -1.39. The number of hydrogen-bond donors (Lipinski definition) is 1. The molecule has 0 saturated heterocycles. The van der Waals surface area contributed by atoms with E-state index in [4.69, 9.17) is 4.74 Å². The molecule has 2 aromatic carbocycles. The van der Waals surface area contributed by atoms with Crippen molar-refractivity contribution in [1.29, 1.82) is 0 Å². The minimum atomic E-state index is -0.267. The second kappa shape index (κ2) is 6.86. The molecule has 0 heterocycles. The molecule has 0 aromatic heterocycles. The zero-order valence-corrected chi connectivity index (χ0v) is 13.1. The predicted molar refractivity (Wildman–Crippen MR) is 82.6 cm³/mol. The molecule has 0 aliphatic heterocycles. The average molecular weight is 338 g/mol. The van der Waals surface area contributed by atoms with Crippen LogP contribution < -0.4 is 10.1 Å². The number of hydrogen-bond acceptors (Lipinski definition) is 2. The molecule has 0 bridgehead atoms. The first-order valence-electron chi connectivity index (χ1n) is 6.52. The average Bonchev–Trinajstić information content (AvgIpc) is 2.46. The van der Waals surface area contributed by atoms with Gasteiger partial charge < -0.3 is 10.1 Å². The third-order valence-corrected chi connectivity index (χ3v) is 3.95. The van der Waals surface area contributed by atoms with Crippen molar-refractivity contribution in [3.8, 4) is 5.75 Å². The van der Waals surface area contributed by atoms with Gasteiger partial charge in [-0.2, -0.15) is 0 Å². The highest BCUT2D eigenvalue weighted by Gasteiger charge is 2.20. The van der Waals surface area contributed by atoms with Gasteiger partial charge in [-0.15, -0.1) is 0 Å². The maximum atomic E-state index is 13.7. The summed E-state index contributed by atoms with van der Waals surface area (Å²) in [6.07, 6.45) is 0. The van der Waals surface area contributed by atoms with E-state index >= 15 is 0 Å². The maximum absolute atomic E-state index is 13.7. The lowest BCUT2D eigenvalue weighted by atomic mass is 9.98. The van der Waals surface area contributed by atoms with Gasteiger partial charge in [-0.3, -0.25) is 0 Å². The maximum Gasteiger partial charge on any atom is 0.137 e. The fraction of sp³-hybridized carbons (Fsp3) is 0.250. The highest BCUT2D eigenvalue weighted by Crippen LogP contribution is 2.34. The Kier molecular flexibility index (Phi) is 5.15. The lowest BCUT2D eigenvalue weighted by molar-refractivity contribution is 0.334. The molecule has 2 aromatic rings. The minimum Gasteiger partial charge on any atom is -0.494 e. The SMILES string of the molecule is CCOc1ccccc1C(NC)c1cccc(F)c1Br. The quantitative estimate of drug-likeness (QED) is 0.878. The van der Waals surface area contributed by atoms with Gasteiger partial charge >= 0.3 is 0 Å². The van der Waals surface area contributed by atoms with Crippen LogP contribution in [0, 0.1) is 5.82 Å². The first-order valence-corrected chi connectivity index (χ1v) is 7.31. The molecular weight excluding hydrogens is 321 g/mol. The topological polar surface area (TPSA) is 21.3 Å². The third-order valence-electron chi connectivity index (χ3n) is 3.11. The molecule has 0 aliphatic carbocycles. The molecule has 0 amide bonds. The standard InChI is InChI=1S/C16H17BrFNO/c1-3-20-14-10-5-4-7-11(14)16(19-2)12-8-6-9-13(18)15(12)17/h4-10,16,19H,3H2,1-2H3. The van der Waals surface area contributed by atoms with Crippen LogP contribution in [0.5, 0.6) is 5.75 Å². The zero-order chi connectivity index (χ0) is 14.5. The largest absolute Gasteiger partial charge is 0.494 e. The van der Waals surface area contributed by atoms with E-state index < -0.39 is 0 Å². The van der Waals surface area contributed by atoms with Crippen molar-refractivity contribution in [2.24, 2.45) is 0 Å².